The summed E-state index contributed by atoms with van der Waals surface area (Å²) in [5.41, 5.74) is 2.89. The van der Waals surface area contributed by atoms with Gasteiger partial charge in [0.2, 0.25) is 5.82 Å². The SMILES string of the molecule is CC.Cc1ccccc1-c1noc(-c2cccc(Oc3ccccc3)c2)n1. The lowest BCUT2D eigenvalue weighted by Gasteiger charge is -2.05. The van der Waals surface area contributed by atoms with Crippen LogP contribution in [0.5, 0.6) is 11.5 Å². The first kappa shape index (κ1) is 18.4. The first-order valence-electron chi connectivity index (χ1n) is 9.03. The standard InChI is InChI=1S/C21H16N2O2.C2H6/c1-15-8-5-6-13-19(15)20-22-21(25-23-20)16-9-7-12-18(14-16)24-17-10-3-2-4-11-17;1-2/h2-14H,1H3;1-2H3. The fraction of sp³-hybridized carbons (Fsp3) is 0.130. The van der Waals surface area contributed by atoms with Crippen molar-refractivity contribution in [3.8, 4) is 34.3 Å². The number of para-hydroxylation sites is 1. The van der Waals surface area contributed by atoms with E-state index in [1.807, 2.05) is 99.6 Å². The molecule has 1 heterocycles. The molecular formula is C23H22N2O2. The van der Waals surface area contributed by atoms with Crippen molar-refractivity contribution >= 4 is 0 Å². The van der Waals surface area contributed by atoms with Crippen LogP contribution in [0.2, 0.25) is 0 Å². The van der Waals surface area contributed by atoms with Crippen molar-refractivity contribution in [2.75, 3.05) is 0 Å². The van der Waals surface area contributed by atoms with E-state index in [4.69, 9.17) is 9.26 Å². The Balaban J connectivity index is 0.00000102. The van der Waals surface area contributed by atoms with E-state index in [2.05, 4.69) is 10.1 Å². The number of hydrogen-bond donors (Lipinski definition) is 0. The molecule has 0 fully saturated rings. The number of rotatable bonds is 4. The molecule has 0 bridgehead atoms. The lowest BCUT2D eigenvalue weighted by atomic mass is 10.1. The Kier molecular flexibility index (Phi) is 6.00. The van der Waals surface area contributed by atoms with Crippen LogP contribution in [0, 0.1) is 6.92 Å². The van der Waals surface area contributed by atoms with Gasteiger partial charge in [-0.2, -0.15) is 4.98 Å². The maximum absolute atomic E-state index is 5.86. The van der Waals surface area contributed by atoms with Crippen LogP contribution in [0.25, 0.3) is 22.8 Å². The van der Waals surface area contributed by atoms with Crippen LogP contribution >= 0.6 is 0 Å². The van der Waals surface area contributed by atoms with Crippen molar-refractivity contribution < 1.29 is 9.26 Å². The third-order valence-electron chi connectivity index (χ3n) is 3.87. The van der Waals surface area contributed by atoms with E-state index in [0.717, 1.165) is 28.2 Å². The maximum atomic E-state index is 5.86. The molecule has 0 spiro atoms. The molecule has 4 nitrogen and oxygen atoms in total. The summed E-state index contributed by atoms with van der Waals surface area (Å²) in [7, 11) is 0. The van der Waals surface area contributed by atoms with Gasteiger partial charge in [-0.25, -0.2) is 0 Å². The molecule has 3 aromatic carbocycles. The minimum Gasteiger partial charge on any atom is -0.457 e. The normalized spacial score (nSPS) is 10.0. The van der Waals surface area contributed by atoms with Gasteiger partial charge in [-0.3, -0.25) is 0 Å². The van der Waals surface area contributed by atoms with Crippen molar-refractivity contribution in [2.45, 2.75) is 20.8 Å². The Hall–Kier alpha value is -3.40. The van der Waals surface area contributed by atoms with Crippen LogP contribution in [-0.4, -0.2) is 10.1 Å². The summed E-state index contributed by atoms with van der Waals surface area (Å²) in [6.45, 7) is 6.03. The van der Waals surface area contributed by atoms with Gasteiger partial charge in [-0.1, -0.05) is 67.5 Å². The van der Waals surface area contributed by atoms with E-state index in [1.165, 1.54) is 0 Å². The number of ether oxygens (including phenoxy) is 1. The van der Waals surface area contributed by atoms with Crippen molar-refractivity contribution in [3.05, 3.63) is 84.4 Å². The number of nitrogens with zero attached hydrogens (tertiary/aromatic N) is 2. The van der Waals surface area contributed by atoms with Gasteiger partial charge in [-0.15, -0.1) is 0 Å². The van der Waals surface area contributed by atoms with Gasteiger partial charge in [-0.05, 0) is 42.8 Å². The summed E-state index contributed by atoms with van der Waals surface area (Å²) in [6, 6.07) is 25.2. The average molecular weight is 358 g/mol. The molecule has 0 atom stereocenters. The molecule has 0 saturated heterocycles. The lowest BCUT2D eigenvalue weighted by Crippen LogP contribution is -1.86. The Morgan fingerprint density at radius 3 is 2.26 bits per heavy atom. The highest BCUT2D eigenvalue weighted by Crippen LogP contribution is 2.28. The third-order valence-corrected chi connectivity index (χ3v) is 3.87. The highest BCUT2D eigenvalue weighted by molar-refractivity contribution is 5.63. The Morgan fingerprint density at radius 1 is 0.778 bits per heavy atom. The van der Waals surface area contributed by atoms with Gasteiger partial charge < -0.3 is 9.26 Å². The number of benzene rings is 3. The van der Waals surface area contributed by atoms with Gasteiger partial charge in [0.1, 0.15) is 11.5 Å². The molecule has 136 valence electrons. The van der Waals surface area contributed by atoms with E-state index in [0.29, 0.717) is 11.7 Å². The summed E-state index contributed by atoms with van der Waals surface area (Å²) in [5, 5.41) is 4.11. The molecular weight excluding hydrogens is 336 g/mol. The summed E-state index contributed by atoms with van der Waals surface area (Å²) >= 11 is 0. The molecule has 0 aliphatic heterocycles. The van der Waals surface area contributed by atoms with Crippen molar-refractivity contribution in [3.63, 3.8) is 0 Å². The van der Waals surface area contributed by atoms with Gasteiger partial charge in [0.25, 0.3) is 5.89 Å². The predicted molar refractivity (Wildman–Crippen MR) is 108 cm³/mol. The highest BCUT2D eigenvalue weighted by atomic mass is 16.5. The molecule has 0 N–H and O–H groups in total. The zero-order valence-corrected chi connectivity index (χ0v) is 15.7. The van der Waals surface area contributed by atoms with Gasteiger partial charge in [0.05, 0.1) is 0 Å². The third kappa shape index (κ3) is 4.42. The fourth-order valence-corrected chi connectivity index (χ4v) is 2.59. The van der Waals surface area contributed by atoms with E-state index in [1.54, 1.807) is 0 Å². The highest BCUT2D eigenvalue weighted by Gasteiger charge is 2.12. The minimum atomic E-state index is 0.469. The van der Waals surface area contributed by atoms with Crippen LogP contribution in [0.4, 0.5) is 0 Å². The van der Waals surface area contributed by atoms with Gasteiger partial charge in [0.15, 0.2) is 0 Å². The van der Waals surface area contributed by atoms with E-state index < -0.39 is 0 Å². The number of hydrogen-bond acceptors (Lipinski definition) is 4. The van der Waals surface area contributed by atoms with E-state index in [9.17, 15) is 0 Å². The second kappa shape index (κ2) is 8.81. The molecule has 4 rings (SSSR count). The zero-order valence-electron chi connectivity index (χ0n) is 15.7. The number of aromatic nitrogens is 2. The Labute approximate surface area is 159 Å². The van der Waals surface area contributed by atoms with E-state index in [-0.39, 0.29) is 0 Å². The van der Waals surface area contributed by atoms with Crippen LogP contribution in [0.1, 0.15) is 19.4 Å². The molecule has 4 aromatic rings. The maximum Gasteiger partial charge on any atom is 0.258 e. The Morgan fingerprint density at radius 2 is 1.48 bits per heavy atom. The lowest BCUT2D eigenvalue weighted by molar-refractivity contribution is 0.431. The van der Waals surface area contributed by atoms with E-state index >= 15 is 0 Å². The topological polar surface area (TPSA) is 48.2 Å². The summed E-state index contributed by atoms with van der Waals surface area (Å²) in [4.78, 5) is 4.53. The molecule has 27 heavy (non-hydrogen) atoms. The van der Waals surface area contributed by atoms with Crippen LogP contribution in [0.3, 0.4) is 0 Å². The first-order valence-corrected chi connectivity index (χ1v) is 9.03. The molecule has 0 unspecified atom stereocenters. The summed E-state index contributed by atoms with van der Waals surface area (Å²) in [6.07, 6.45) is 0. The monoisotopic (exact) mass is 358 g/mol. The molecule has 1 aromatic heterocycles. The van der Waals surface area contributed by atoms with Crippen molar-refractivity contribution in [2.24, 2.45) is 0 Å². The fourth-order valence-electron chi connectivity index (χ4n) is 2.59. The largest absolute Gasteiger partial charge is 0.457 e. The molecule has 0 radical (unpaired) electrons. The zero-order chi connectivity index (χ0) is 19.1. The average Bonchev–Trinajstić information content (AvgIpc) is 3.21. The van der Waals surface area contributed by atoms with Crippen LogP contribution < -0.4 is 4.74 Å². The van der Waals surface area contributed by atoms with Crippen molar-refractivity contribution in [1.29, 1.82) is 0 Å². The second-order valence-electron chi connectivity index (χ2n) is 5.68. The summed E-state index contributed by atoms with van der Waals surface area (Å²) < 4.78 is 11.3. The summed E-state index contributed by atoms with van der Waals surface area (Å²) in [5.74, 6) is 2.56. The molecule has 0 saturated carbocycles. The Bertz CT molecular complexity index is 994. The predicted octanol–water partition coefficient (Wildman–Crippen LogP) is 6.53. The quantitative estimate of drug-likeness (QED) is 0.416. The first-order chi connectivity index (χ1) is 13.3. The van der Waals surface area contributed by atoms with Gasteiger partial charge in [0, 0.05) is 11.1 Å². The second-order valence-corrected chi connectivity index (χ2v) is 5.68. The molecule has 0 aliphatic carbocycles. The van der Waals surface area contributed by atoms with Gasteiger partial charge >= 0.3 is 0 Å². The van der Waals surface area contributed by atoms with Crippen molar-refractivity contribution in [1.82, 2.24) is 10.1 Å². The van der Waals surface area contributed by atoms with Crippen LogP contribution in [-0.2, 0) is 0 Å². The van der Waals surface area contributed by atoms with Crippen LogP contribution in [0.15, 0.2) is 83.4 Å². The molecule has 0 amide bonds. The molecule has 0 aliphatic rings. The molecule has 4 heteroatoms. The minimum absolute atomic E-state index is 0.469. The smallest absolute Gasteiger partial charge is 0.258 e. The number of aryl methyl sites for hydroxylation is 1.